The second kappa shape index (κ2) is 9.34. The van der Waals surface area contributed by atoms with E-state index in [1.54, 1.807) is 4.90 Å². The van der Waals surface area contributed by atoms with Gasteiger partial charge in [-0.05, 0) is 79.6 Å². The number of rotatable bonds is 4. The first-order chi connectivity index (χ1) is 13.7. The molecular weight excluding hydrogens is 481 g/mol. The fraction of sp³-hybridized carbons (Fsp3) is 0.435. The molecule has 1 fully saturated rings. The van der Waals surface area contributed by atoms with Gasteiger partial charge in [-0.3, -0.25) is 0 Å². The number of hydrogen-bond donors (Lipinski definition) is 0. The second-order valence-electron chi connectivity index (χ2n) is 8.19. The minimum atomic E-state index is -0.530. The number of aryl methyl sites for hydroxylation is 1. The van der Waals surface area contributed by atoms with Crippen LogP contribution in [0, 0.1) is 10.5 Å². The molecular formula is C23H28INO4. The van der Waals surface area contributed by atoms with Gasteiger partial charge in [-0.15, -0.1) is 0 Å². The molecule has 0 radical (unpaired) electrons. The number of carbonyl (C=O) groups is 1. The average Bonchev–Trinajstić information content (AvgIpc) is 2.66. The van der Waals surface area contributed by atoms with Crippen LogP contribution in [0.4, 0.5) is 4.79 Å². The number of amides is 1. The maximum absolute atomic E-state index is 12.6. The number of nitrogens with zero attached hydrogens (tertiary/aromatic N) is 1. The van der Waals surface area contributed by atoms with Crippen LogP contribution in [0.25, 0.3) is 0 Å². The van der Waals surface area contributed by atoms with Crippen LogP contribution in [0.5, 0.6) is 5.75 Å². The third-order valence-electron chi connectivity index (χ3n) is 4.61. The van der Waals surface area contributed by atoms with E-state index in [2.05, 4.69) is 28.7 Å². The van der Waals surface area contributed by atoms with Crippen LogP contribution in [0.2, 0.25) is 0 Å². The molecule has 0 spiro atoms. The zero-order chi connectivity index (χ0) is 21.0. The van der Waals surface area contributed by atoms with Crippen LogP contribution in [-0.2, 0) is 9.47 Å². The van der Waals surface area contributed by atoms with E-state index >= 15 is 0 Å². The summed E-state index contributed by atoms with van der Waals surface area (Å²) < 4.78 is 19.2. The van der Waals surface area contributed by atoms with Crippen molar-refractivity contribution in [2.75, 3.05) is 19.7 Å². The van der Waals surface area contributed by atoms with Gasteiger partial charge in [-0.2, -0.15) is 0 Å². The molecule has 29 heavy (non-hydrogen) atoms. The molecule has 2 aromatic carbocycles. The molecule has 5 nitrogen and oxygen atoms in total. The van der Waals surface area contributed by atoms with Crippen molar-refractivity contribution in [2.24, 2.45) is 0 Å². The van der Waals surface area contributed by atoms with Crippen molar-refractivity contribution in [3.63, 3.8) is 0 Å². The topological polar surface area (TPSA) is 48.0 Å². The Kier molecular flexibility index (Phi) is 7.05. The molecule has 1 aliphatic heterocycles. The Morgan fingerprint density at radius 2 is 1.97 bits per heavy atom. The van der Waals surface area contributed by atoms with Crippen molar-refractivity contribution in [3.8, 4) is 5.75 Å². The Balaban J connectivity index is 1.85. The second-order valence-corrected chi connectivity index (χ2v) is 9.44. The summed E-state index contributed by atoms with van der Waals surface area (Å²) in [5.74, 6) is 0.814. The first kappa shape index (κ1) is 21.9. The number of halogens is 1. The van der Waals surface area contributed by atoms with Crippen molar-refractivity contribution < 1.29 is 19.0 Å². The first-order valence-electron chi connectivity index (χ1n) is 9.80. The van der Waals surface area contributed by atoms with E-state index in [-0.39, 0.29) is 18.3 Å². The lowest BCUT2D eigenvalue weighted by Crippen LogP contribution is -2.50. The summed E-state index contributed by atoms with van der Waals surface area (Å²) in [6.45, 7) is 9.01. The molecule has 0 bridgehead atoms. The standard InChI is InChI=1S/C23H28INO4/c1-16-8-5-6-11-19(16)28-21(17-9-7-10-18(24)14-17)20-15-25(12-13-27-20)22(26)29-23(2,3)4/h5-11,14,20-21H,12-13,15H2,1-4H3/t20?,21-/m0/s1. The van der Waals surface area contributed by atoms with Gasteiger partial charge < -0.3 is 19.1 Å². The van der Waals surface area contributed by atoms with Gasteiger partial charge in [0.1, 0.15) is 17.5 Å². The van der Waals surface area contributed by atoms with Crippen LogP contribution in [0.15, 0.2) is 48.5 Å². The molecule has 1 saturated heterocycles. The zero-order valence-electron chi connectivity index (χ0n) is 17.4. The Morgan fingerprint density at radius 1 is 1.21 bits per heavy atom. The highest BCUT2D eigenvalue weighted by atomic mass is 127. The highest BCUT2D eigenvalue weighted by molar-refractivity contribution is 14.1. The largest absolute Gasteiger partial charge is 0.483 e. The highest BCUT2D eigenvalue weighted by Gasteiger charge is 2.35. The molecule has 1 aliphatic rings. The summed E-state index contributed by atoms with van der Waals surface area (Å²) in [7, 11) is 0. The van der Waals surface area contributed by atoms with E-state index in [1.165, 1.54) is 0 Å². The van der Waals surface area contributed by atoms with E-state index in [4.69, 9.17) is 14.2 Å². The lowest BCUT2D eigenvalue weighted by molar-refractivity contribution is -0.0838. The zero-order valence-corrected chi connectivity index (χ0v) is 19.5. The molecule has 0 N–H and O–H groups in total. The van der Waals surface area contributed by atoms with Gasteiger partial charge in [0.15, 0.2) is 6.10 Å². The van der Waals surface area contributed by atoms with Crippen molar-refractivity contribution in [1.29, 1.82) is 0 Å². The van der Waals surface area contributed by atoms with Crippen molar-refractivity contribution >= 4 is 28.7 Å². The van der Waals surface area contributed by atoms with Gasteiger partial charge in [0.25, 0.3) is 0 Å². The number of morpholine rings is 1. The molecule has 1 amide bonds. The average molecular weight is 509 g/mol. The molecule has 0 aromatic heterocycles. The van der Waals surface area contributed by atoms with Gasteiger partial charge in [-0.25, -0.2) is 4.79 Å². The number of benzene rings is 2. The highest BCUT2D eigenvalue weighted by Crippen LogP contribution is 2.31. The summed E-state index contributed by atoms with van der Waals surface area (Å²) in [5.41, 5.74) is 1.55. The number of hydrogen-bond acceptors (Lipinski definition) is 4. The summed E-state index contributed by atoms with van der Waals surface area (Å²) in [6.07, 6.45) is -0.951. The molecule has 3 rings (SSSR count). The van der Waals surface area contributed by atoms with E-state index in [0.29, 0.717) is 19.7 Å². The Bertz CT molecular complexity index is 849. The summed E-state index contributed by atoms with van der Waals surface area (Å²) >= 11 is 2.30. The molecule has 1 heterocycles. The lowest BCUT2D eigenvalue weighted by Gasteiger charge is -2.37. The fourth-order valence-corrected chi connectivity index (χ4v) is 3.79. The Labute approximate surface area is 186 Å². The van der Waals surface area contributed by atoms with E-state index < -0.39 is 5.60 Å². The lowest BCUT2D eigenvalue weighted by atomic mass is 10.0. The van der Waals surface area contributed by atoms with Gasteiger partial charge in [0.05, 0.1) is 13.2 Å². The molecule has 1 unspecified atom stereocenters. The minimum Gasteiger partial charge on any atom is -0.483 e. The van der Waals surface area contributed by atoms with Crippen LogP contribution in [0.1, 0.15) is 38.0 Å². The summed E-state index contributed by atoms with van der Waals surface area (Å²) in [5, 5.41) is 0. The van der Waals surface area contributed by atoms with Crippen LogP contribution < -0.4 is 4.74 Å². The van der Waals surface area contributed by atoms with Crippen LogP contribution >= 0.6 is 22.6 Å². The number of carbonyl (C=O) groups excluding carboxylic acids is 1. The molecule has 2 atom stereocenters. The maximum atomic E-state index is 12.6. The minimum absolute atomic E-state index is 0.297. The normalized spacial score (nSPS) is 18.2. The third kappa shape index (κ3) is 6.09. The van der Waals surface area contributed by atoms with Crippen molar-refractivity contribution in [3.05, 3.63) is 63.2 Å². The van der Waals surface area contributed by atoms with Crippen molar-refractivity contribution in [1.82, 2.24) is 4.90 Å². The summed E-state index contributed by atoms with van der Waals surface area (Å²) in [4.78, 5) is 14.3. The van der Waals surface area contributed by atoms with E-state index in [9.17, 15) is 4.79 Å². The quantitative estimate of drug-likeness (QED) is 0.522. The predicted molar refractivity (Wildman–Crippen MR) is 121 cm³/mol. The predicted octanol–water partition coefficient (Wildman–Crippen LogP) is 5.36. The van der Waals surface area contributed by atoms with Crippen LogP contribution in [0.3, 0.4) is 0 Å². The van der Waals surface area contributed by atoms with E-state index in [1.807, 2.05) is 70.2 Å². The Morgan fingerprint density at radius 3 is 2.66 bits per heavy atom. The molecule has 2 aromatic rings. The van der Waals surface area contributed by atoms with Gasteiger partial charge in [-0.1, -0.05) is 30.3 Å². The van der Waals surface area contributed by atoms with Crippen molar-refractivity contribution in [2.45, 2.75) is 45.5 Å². The number of para-hydroxylation sites is 1. The molecule has 0 saturated carbocycles. The van der Waals surface area contributed by atoms with Gasteiger partial charge >= 0.3 is 6.09 Å². The van der Waals surface area contributed by atoms with Crippen LogP contribution in [-0.4, -0.2) is 42.4 Å². The van der Waals surface area contributed by atoms with Gasteiger partial charge in [0.2, 0.25) is 0 Å². The SMILES string of the molecule is Cc1ccccc1O[C@@H](c1cccc(I)c1)C1CN(C(=O)OC(C)(C)C)CCO1. The summed E-state index contributed by atoms with van der Waals surface area (Å²) in [6, 6.07) is 16.1. The molecule has 0 aliphatic carbocycles. The van der Waals surface area contributed by atoms with Gasteiger partial charge in [0, 0.05) is 10.1 Å². The monoisotopic (exact) mass is 509 g/mol. The molecule has 156 valence electrons. The first-order valence-corrected chi connectivity index (χ1v) is 10.9. The Hall–Kier alpha value is -1.80. The molecule has 6 heteroatoms. The maximum Gasteiger partial charge on any atom is 0.410 e. The third-order valence-corrected chi connectivity index (χ3v) is 5.28. The van der Waals surface area contributed by atoms with E-state index in [0.717, 1.165) is 20.4 Å². The fourth-order valence-electron chi connectivity index (χ4n) is 3.22. The number of ether oxygens (including phenoxy) is 3. The smallest absolute Gasteiger partial charge is 0.410 e.